The van der Waals surface area contributed by atoms with Gasteiger partial charge >= 0.3 is 12.1 Å². The van der Waals surface area contributed by atoms with Crippen LogP contribution in [-0.4, -0.2) is 52.2 Å². The van der Waals surface area contributed by atoms with Crippen LogP contribution in [0.4, 0.5) is 4.79 Å². The van der Waals surface area contributed by atoms with Gasteiger partial charge in [-0.05, 0) is 62.3 Å². The van der Waals surface area contributed by atoms with Crippen LogP contribution in [0.5, 0.6) is 0 Å². The normalized spacial score (nSPS) is 16.1. The Morgan fingerprint density at radius 2 is 1.62 bits per heavy atom. The van der Waals surface area contributed by atoms with Crippen LogP contribution in [0.2, 0.25) is 0 Å². The second-order valence-electron chi connectivity index (χ2n) is 9.76. The lowest BCUT2D eigenvalue weighted by molar-refractivity contribution is -0.157. The van der Waals surface area contributed by atoms with Gasteiger partial charge in [-0.25, -0.2) is 9.59 Å². The summed E-state index contributed by atoms with van der Waals surface area (Å²) < 4.78 is 5.68. The molecule has 0 radical (unpaired) electrons. The lowest BCUT2D eigenvalue weighted by Crippen LogP contribution is -2.59. The molecule has 0 heterocycles. The number of carboxylic acids is 1. The third kappa shape index (κ3) is 4.27. The standard InChI is InChI=1S/C27H32N2O5/c1-4-29(26(2,3)24(31)32)23(30)16-27(14-9-15-27)28-25(33)34-17-22-20-12-7-5-10-18(20)19-11-6-8-13-21(19)22/h5-8,10-13,22H,4,9,14-17H2,1-3H3,(H,28,33)(H,31,32). The molecule has 2 aliphatic rings. The van der Waals surface area contributed by atoms with Crippen LogP contribution in [0.1, 0.15) is 63.5 Å². The zero-order valence-corrected chi connectivity index (χ0v) is 20.0. The van der Waals surface area contributed by atoms with Crippen molar-refractivity contribution in [2.45, 2.75) is 63.5 Å². The van der Waals surface area contributed by atoms with Crippen molar-refractivity contribution in [2.24, 2.45) is 0 Å². The summed E-state index contributed by atoms with van der Waals surface area (Å²) in [5, 5.41) is 12.5. The van der Waals surface area contributed by atoms with E-state index in [-0.39, 0.29) is 31.4 Å². The van der Waals surface area contributed by atoms with Gasteiger partial charge in [0.05, 0.1) is 12.0 Å². The Kier molecular flexibility index (Phi) is 6.39. The second-order valence-corrected chi connectivity index (χ2v) is 9.76. The van der Waals surface area contributed by atoms with Gasteiger partial charge in [-0.3, -0.25) is 4.79 Å². The van der Waals surface area contributed by atoms with E-state index < -0.39 is 23.1 Å². The Labute approximate surface area is 200 Å². The molecular weight excluding hydrogens is 432 g/mol. The number of amides is 2. The van der Waals surface area contributed by atoms with E-state index in [1.807, 2.05) is 24.3 Å². The molecular formula is C27H32N2O5. The highest BCUT2D eigenvalue weighted by molar-refractivity contribution is 5.87. The second kappa shape index (κ2) is 9.12. The smallest absolute Gasteiger partial charge is 0.407 e. The molecule has 0 bridgehead atoms. The molecule has 0 atom stereocenters. The topological polar surface area (TPSA) is 95.9 Å². The highest BCUT2D eigenvalue weighted by atomic mass is 16.5. The largest absolute Gasteiger partial charge is 0.480 e. The van der Waals surface area contributed by atoms with Crippen molar-refractivity contribution in [1.29, 1.82) is 0 Å². The summed E-state index contributed by atoms with van der Waals surface area (Å²) in [5.74, 6) is -1.38. The summed E-state index contributed by atoms with van der Waals surface area (Å²) in [5.41, 5.74) is 2.59. The molecule has 0 aromatic heterocycles. The average Bonchev–Trinajstić information content (AvgIpc) is 3.10. The molecule has 0 unspecified atom stereocenters. The molecule has 2 N–H and O–H groups in total. The van der Waals surface area contributed by atoms with E-state index in [1.165, 1.54) is 18.7 Å². The molecule has 2 aromatic rings. The van der Waals surface area contributed by atoms with Crippen LogP contribution < -0.4 is 5.32 Å². The lowest BCUT2D eigenvalue weighted by Gasteiger charge is -2.44. The van der Waals surface area contributed by atoms with E-state index in [4.69, 9.17) is 4.74 Å². The van der Waals surface area contributed by atoms with Crippen molar-refractivity contribution < 1.29 is 24.2 Å². The Bertz CT molecular complexity index is 1060. The summed E-state index contributed by atoms with van der Waals surface area (Å²) >= 11 is 0. The molecule has 0 spiro atoms. The summed E-state index contributed by atoms with van der Waals surface area (Å²) in [6.45, 7) is 5.28. The minimum Gasteiger partial charge on any atom is -0.480 e. The number of carbonyl (C=O) groups is 3. The van der Waals surface area contributed by atoms with E-state index in [2.05, 4.69) is 29.6 Å². The average molecular weight is 465 g/mol. The van der Waals surface area contributed by atoms with E-state index in [0.29, 0.717) is 12.8 Å². The van der Waals surface area contributed by atoms with E-state index >= 15 is 0 Å². The zero-order chi connectivity index (χ0) is 24.5. The molecule has 2 amide bonds. The molecule has 34 heavy (non-hydrogen) atoms. The number of benzene rings is 2. The monoisotopic (exact) mass is 464 g/mol. The maximum absolute atomic E-state index is 13.0. The Hall–Kier alpha value is -3.35. The number of carbonyl (C=O) groups excluding carboxylic acids is 2. The number of fused-ring (bicyclic) bond motifs is 3. The number of carboxylic acid groups (broad SMARTS) is 1. The maximum atomic E-state index is 13.0. The summed E-state index contributed by atoms with van der Waals surface area (Å²) in [7, 11) is 0. The van der Waals surface area contributed by atoms with E-state index in [9.17, 15) is 19.5 Å². The first-order valence-electron chi connectivity index (χ1n) is 11.9. The molecule has 2 aliphatic carbocycles. The Balaban J connectivity index is 1.42. The van der Waals surface area contributed by atoms with Crippen molar-refractivity contribution in [3.8, 4) is 11.1 Å². The van der Waals surface area contributed by atoms with Crippen molar-refractivity contribution in [2.75, 3.05) is 13.2 Å². The van der Waals surface area contributed by atoms with Crippen LogP contribution in [0.3, 0.4) is 0 Å². The summed E-state index contributed by atoms with van der Waals surface area (Å²) in [4.78, 5) is 38.8. The van der Waals surface area contributed by atoms with Gasteiger partial charge in [0.1, 0.15) is 12.1 Å². The SMILES string of the molecule is CCN(C(=O)CC1(NC(=O)OCC2c3ccccc3-c3ccccc32)CCC1)C(C)(C)C(=O)O. The van der Waals surface area contributed by atoms with E-state index in [1.54, 1.807) is 6.92 Å². The molecule has 0 aliphatic heterocycles. The zero-order valence-electron chi connectivity index (χ0n) is 20.0. The predicted octanol–water partition coefficient (Wildman–Crippen LogP) is 4.55. The minimum absolute atomic E-state index is 0.0379. The van der Waals surface area contributed by atoms with Crippen LogP contribution in [0.25, 0.3) is 11.1 Å². The Morgan fingerprint density at radius 3 is 2.09 bits per heavy atom. The number of nitrogens with zero attached hydrogens (tertiary/aromatic N) is 1. The van der Waals surface area contributed by atoms with Crippen molar-refractivity contribution in [3.05, 3.63) is 59.7 Å². The predicted molar refractivity (Wildman–Crippen MR) is 129 cm³/mol. The Morgan fingerprint density at radius 1 is 1.06 bits per heavy atom. The molecule has 180 valence electrons. The highest BCUT2D eigenvalue weighted by Gasteiger charge is 2.45. The number of aliphatic carboxylic acids is 1. The summed E-state index contributed by atoms with van der Waals surface area (Å²) in [6, 6.07) is 16.3. The fourth-order valence-electron chi connectivity index (χ4n) is 5.18. The van der Waals surface area contributed by atoms with Gasteiger partial charge in [-0.15, -0.1) is 0 Å². The quantitative estimate of drug-likeness (QED) is 0.598. The van der Waals surface area contributed by atoms with Crippen LogP contribution >= 0.6 is 0 Å². The first-order valence-corrected chi connectivity index (χ1v) is 11.9. The van der Waals surface area contributed by atoms with Crippen LogP contribution in [-0.2, 0) is 14.3 Å². The molecule has 0 saturated heterocycles. The minimum atomic E-state index is -1.32. The number of alkyl carbamates (subject to hydrolysis) is 1. The van der Waals surface area contributed by atoms with Gasteiger partial charge in [-0.2, -0.15) is 0 Å². The van der Waals surface area contributed by atoms with Gasteiger partial charge < -0.3 is 20.1 Å². The van der Waals surface area contributed by atoms with Crippen molar-refractivity contribution in [3.63, 3.8) is 0 Å². The molecule has 2 aromatic carbocycles. The summed E-state index contributed by atoms with van der Waals surface area (Å²) in [6.07, 6.45) is 1.73. The fourth-order valence-corrected chi connectivity index (χ4v) is 5.18. The molecule has 7 nitrogen and oxygen atoms in total. The number of hydrogen-bond acceptors (Lipinski definition) is 4. The number of nitrogens with one attached hydrogen (secondary N) is 1. The molecule has 1 saturated carbocycles. The first kappa shape index (κ1) is 23.8. The molecule has 4 rings (SSSR count). The number of ether oxygens (including phenoxy) is 1. The number of hydrogen-bond donors (Lipinski definition) is 2. The fraction of sp³-hybridized carbons (Fsp3) is 0.444. The van der Waals surface area contributed by atoms with E-state index in [0.717, 1.165) is 28.7 Å². The van der Waals surface area contributed by atoms with Crippen LogP contribution in [0.15, 0.2) is 48.5 Å². The third-order valence-corrected chi connectivity index (χ3v) is 7.33. The van der Waals surface area contributed by atoms with Gasteiger partial charge in [0, 0.05) is 12.5 Å². The first-order chi connectivity index (χ1) is 16.2. The van der Waals surface area contributed by atoms with Gasteiger partial charge in [0.25, 0.3) is 0 Å². The highest BCUT2D eigenvalue weighted by Crippen LogP contribution is 2.44. The lowest BCUT2D eigenvalue weighted by atomic mass is 9.74. The molecule has 7 heteroatoms. The van der Waals surface area contributed by atoms with Crippen molar-refractivity contribution >= 4 is 18.0 Å². The molecule has 1 fully saturated rings. The van der Waals surface area contributed by atoms with Gasteiger partial charge in [0.15, 0.2) is 0 Å². The number of rotatable bonds is 8. The van der Waals surface area contributed by atoms with Crippen molar-refractivity contribution in [1.82, 2.24) is 10.2 Å². The number of likely N-dealkylation sites (N-methyl/N-ethyl adjacent to an activating group) is 1. The van der Waals surface area contributed by atoms with Gasteiger partial charge in [-0.1, -0.05) is 48.5 Å². The van der Waals surface area contributed by atoms with Gasteiger partial charge in [0.2, 0.25) is 5.91 Å². The third-order valence-electron chi connectivity index (χ3n) is 7.33. The maximum Gasteiger partial charge on any atom is 0.407 e. The van der Waals surface area contributed by atoms with Crippen LogP contribution in [0, 0.1) is 0 Å².